The predicted octanol–water partition coefficient (Wildman–Crippen LogP) is 1.97. The molecule has 1 aromatic heterocycles. The molecule has 1 aromatic rings. The van der Waals surface area contributed by atoms with E-state index in [-0.39, 0.29) is 5.41 Å². The Bertz CT molecular complexity index is 332. The van der Waals surface area contributed by atoms with Crippen molar-refractivity contribution in [2.45, 2.75) is 32.2 Å². The zero-order valence-corrected chi connectivity index (χ0v) is 10.4. The van der Waals surface area contributed by atoms with Gasteiger partial charge >= 0.3 is 0 Å². The predicted molar refractivity (Wildman–Crippen MR) is 68.4 cm³/mol. The summed E-state index contributed by atoms with van der Waals surface area (Å²) in [6, 6.07) is 1.94. The lowest BCUT2D eigenvalue weighted by Gasteiger charge is -2.26. The van der Waals surface area contributed by atoms with Crippen LogP contribution < -0.4 is 11.1 Å². The number of rotatable bonds is 5. The number of anilines is 1. The van der Waals surface area contributed by atoms with Crippen LogP contribution in [0.15, 0.2) is 11.4 Å². The van der Waals surface area contributed by atoms with Crippen LogP contribution in [0.5, 0.6) is 0 Å². The second-order valence-corrected chi connectivity index (χ2v) is 5.77. The summed E-state index contributed by atoms with van der Waals surface area (Å²) in [5.74, 6) is 0. The molecule has 0 amide bonds. The van der Waals surface area contributed by atoms with Crippen molar-refractivity contribution in [3.8, 4) is 0 Å². The van der Waals surface area contributed by atoms with E-state index in [2.05, 4.69) is 5.32 Å². The molecule has 0 unspecified atom stereocenters. The van der Waals surface area contributed by atoms with Crippen LogP contribution in [0.1, 0.15) is 30.6 Å². The number of nitrogen functional groups attached to an aromatic ring is 1. The number of nitrogens with one attached hydrogen (secondary N) is 1. The Morgan fingerprint density at radius 3 is 2.75 bits per heavy atom. The van der Waals surface area contributed by atoms with E-state index in [1.54, 1.807) is 11.3 Å². The maximum atomic E-state index is 9.47. The first-order valence-corrected chi connectivity index (χ1v) is 6.77. The van der Waals surface area contributed by atoms with Gasteiger partial charge in [0, 0.05) is 35.7 Å². The standard InChI is InChI=1S/C12H20N2OS/c13-10-3-6-16-11(10)7-14-8-12(9-15)4-1-2-5-12/h3,6,14-15H,1-2,4-5,7-9,13H2. The van der Waals surface area contributed by atoms with Crippen molar-refractivity contribution in [3.05, 3.63) is 16.3 Å². The zero-order chi connectivity index (χ0) is 11.4. The highest BCUT2D eigenvalue weighted by atomic mass is 32.1. The SMILES string of the molecule is Nc1ccsc1CNCC1(CO)CCCC1. The summed E-state index contributed by atoms with van der Waals surface area (Å²) in [7, 11) is 0. The smallest absolute Gasteiger partial charge is 0.0499 e. The summed E-state index contributed by atoms with van der Waals surface area (Å²) in [6.45, 7) is 2.03. The summed E-state index contributed by atoms with van der Waals surface area (Å²) in [5.41, 5.74) is 6.83. The summed E-state index contributed by atoms with van der Waals surface area (Å²) < 4.78 is 0. The van der Waals surface area contributed by atoms with Crippen LogP contribution in [0.4, 0.5) is 5.69 Å². The third kappa shape index (κ3) is 2.56. The third-order valence-corrected chi connectivity index (χ3v) is 4.50. The second kappa shape index (κ2) is 5.17. The van der Waals surface area contributed by atoms with Crippen molar-refractivity contribution in [2.24, 2.45) is 5.41 Å². The number of nitrogens with two attached hydrogens (primary N) is 1. The van der Waals surface area contributed by atoms with Crippen LogP contribution in [0, 0.1) is 5.41 Å². The maximum Gasteiger partial charge on any atom is 0.0499 e. The van der Waals surface area contributed by atoms with Gasteiger partial charge < -0.3 is 16.2 Å². The van der Waals surface area contributed by atoms with Gasteiger partial charge in [-0.15, -0.1) is 11.3 Å². The molecule has 1 aliphatic carbocycles. The first-order valence-electron chi connectivity index (χ1n) is 5.89. The number of hydrogen-bond donors (Lipinski definition) is 3. The second-order valence-electron chi connectivity index (χ2n) is 4.77. The highest BCUT2D eigenvalue weighted by Crippen LogP contribution is 2.37. The fourth-order valence-corrected chi connectivity index (χ4v) is 3.22. The zero-order valence-electron chi connectivity index (χ0n) is 9.54. The minimum Gasteiger partial charge on any atom is -0.398 e. The van der Waals surface area contributed by atoms with Crippen LogP contribution in [-0.4, -0.2) is 18.3 Å². The average Bonchev–Trinajstić information content (AvgIpc) is 2.90. The first-order chi connectivity index (χ1) is 7.76. The third-order valence-electron chi connectivity index (χ3n) is 3.57. The molecule has 0 radical (unpaired) electrons. The van der Waals surface area contributed by atoms with E-state index in [0.29, 0.717) is 6.61 Å². The van der Waals surface area contributed by atoms with Crippen molar-refractivity contribution in [1.29, 1.82) is 0 Å². The van der Waals surface area contributed by atoms with Gasteiger partial charge in [0.25, 0.3) is 0 Å². The number of aliphatic hydroxyl groups is 1. The molecule has 0 bridgehead atoms. The molecule has 1 heterocycles. The normalized spacial score (nSPS) is 19.1. The summed E-state index contributed by atoms with van der Waals surface area (Å²) in [5, 5.41) is 14.9. The van der Waals surface area contributed by atoms with Crippen LogP contribution in [0.2, 0.25) is 0 Å². The van der Waals surface area contributed by atoms with Crippen LogP contribution in [0.25, 0.3) is 0 Å². The molecular formula is C12H20N2OS. The van der Waals surface area contributed by atoms with Crippen LogP contribution in [-0.2, 0) is 6.54 Å². The maximum absolute atomic E-state index is 9.47. The lowest BCUT2D eigenvalue weighted by molar-refractivity contribution is 0.128. The molecule has 0 saturated heterocycles. The summed E-state index contributed by atoms with van der Waals surface area (Å²) >= 11 is 1.69. The van der Waals surface area contributed by atoms with Gasteiger partial charge in [-0.3, -0.25) is 0 Å². The Hall–Kier alpha value is -0.580. The van der Waals surface area contributed by atoms with Gasteiger partial charge in [0.15, 0.2) is 0 Å². The summed E-state index contributed by atoms with van der Waals surface area (Å²) in [6.07, 6.45) is 4.81. The molecule has 0 aliphatic heterocycles. The Kier molecular flexibility index (Phi) is 3.84. The molecule has 1 fully saturated rings. The Labute approximate surface area is 101 Å². The lowest BCUT2D eigenvalue weighted by atomic mass is 9.87. The van der Waals surface area contributed by atoms with Gasteiger partial charge in [-0.2, -0.15) is 0 Å². The Morgan fingerprint density at radius 1 is 1.44 bits per heavy atom. The Morgan fingerprint density at radius 2 is 2.19 bits per heavy atom. The molecule has 1 aliphatic rings. The quantitative estimate of drug-likeness (QED) is 0.737. The number of hydrogen-bond acceptors (Lipinski definition) is 4. The topological polar surface area (TPSA) is 58.3 Å². The van der Waals surface area contributed by atoms with Crippen LogP contribution >= 0.6 is 11.3 Å². The van der Waals surface area contributed by atoms with E-state index in [9.17, 15) is 5.11 Å². The first kappa shape index (κ1) is 11.9. The van der Waals surface area contributed by atoms with Crippen molar-refractivity contribution in [1.82, 2.24) is 5.32 Å². The molecule has 4 N–H and O–H groups in total. The minimum atomic E-state index is 0.131. The molecule has 0 spiro atoms. The molecule has 1 saturated carbocycles. The van der Waals surface area contributed by atoms with E-state index >= 15 is 0 Å². The summed E-state index contributed by atoms with van der Waals surface area (Å²) in [4.78, 5) is 1.20. The number of thiophene rings is 1. The van der Waals surface area contributed by atoms with E-state index in [4.69, 9.17) is 5.73 Å². The van der Waals surface area contributed by atoms with Gasteiger partial charge in [-0.05, 0) is 24.3 Å². The molecular weight excluding hydrogens is 220 g/mol. The monoisotopic (exact) mass is 240 g/mol. The van der Waals surface area contributed by atoms with E-state index in [0.717, 1.165) is 31.6 Å². The fourth-order valence-electron chi connectivity index (χ4n) is 2.45. The molecule has 0 aromatic carbocycles. The van der Waals surface area contributed by atoms with Gasteiger partial charge in [0.1, 0.15) is 0 Å². The van der Waals surface area contributed by atoms with Crippen molar-refractivity contribution in [2.75, 3.05) is 18.9 Å². The fraction of sp³-hybridized carbons (Fsp3) is 0.667. The largest absolute Gasteiger partial charge is 0.398 e. The highest BCUT2D eigenvalue weighted by Gasteiger charge is 2.32. The van der Waals surface area contributed by atoms with Gasteiger partial charge in [0.2, 0.25) is 0 Å². The van der Waals surface area contributed by atoms with Crippen molar-refractivity contribution in [3.63, 3.8) is 0 Å². The molecule has 16 heavy (non-hydrogen) atoms. The lowest BCUT2D eigenvalue weighted by Crippen LogP contribution is -2.34. The molecule has 0 atom stereocenters. The van der Waals surface area contributed by atoms with E-state index in [1.807, 2.05) is 11.4 Å². The van der Waals surface area contributed by atoms with Crippen molar-refractivity contribution < 1.29 is 5.11 Å². The average molecular weight is 240 g/mol. The van der Waals surface area contributed by atoms with E-state index in [1.165, 1.54) is 17.7 Å². The van der Waals surface area contributed by atoms with Crippen molar-refractivity contribution >= 4 is 17.0 Å². The van der Waals surface area contributed by atoms with E-state index < -0.39 is 0 Å². The van der Waals surface area contributed by atoms with Gasteiger partial charge in [0.05, 0.1) is 0 Å². The van der Waals surface area contributed by atoms with Gasteiger partial charge in [-0.25, -0.2) is 0 Å². The Balaban J connectivity index is 1.81. The molecule has 2 rings (SSSR count). The molecule has 3 nitrogen and oxygen atoms in total. The van der Waals surface area contributed by atoms with Gasteiger partial charge in [-0.1, -0.05) is 12.8 Å². The minimum absolute atomic E-state index is 0.131. The van der Waals surface area contributed by atoms with Crippen LogP contribution in [0.3, 0.4) is 0 Å². The highest BCUT2D eigenvalue weighted by molar-refractivity contribution is 7.10. The molecule has 90 valence electrons. The molecule has 4 heteroatoms. The number of aliphatic hydroxyl groups excluding tert-OH is 1.